The molecule has 0 radical (unpaired) electrons. The zero-order valence-corrected chi connectivity index (χ0v) is 15.2. The van der Waals surface area contributed by atoms with Gasteiger partial charge >= 0.3 is 0 Å². The van der Waals surface area contributed by atoms with Crippen molar-refractivity contribution in [3.8, 4) is 5.75 Å². The minimum absolute atomic E-state index is 0.0355. The molecule has 1 aliphatic heterocycles. The van der Waals surface area contributed by atoms with Crippen LogP contribution in [0.3, 0.4) is 0 Å². The largest absolute Gasteiger partial charge is 0.507 e. The number of phenolic OH excluding ortho intramolecular Hbond substituents is 1. The highest BCUT2D eigenvalue weighted by Crippen LogP contribution is 2.32. The third-order valence-electron chi connectivity index (χ3n) is 4.53. The SMILES string of the molecule is C=C1NC(=Nc2cccc3c(O)cccc23)N(Cc2ccc(F)c(F)c2)C=C1F. The lowest BCUT2D eigenvalue weighted by atomic mass is 10.1. The maximum atomic E-state index is 14.1. The van der Waals surface area contributed by atoms with E-state index in [1.807, 2.05) is 6.07 Å². The molecule has 1 aliphatic rings. The van der Waals surface area contributed by atoms with Gasteiger partial charge in [-0.1, -0.05) is 36.9 Å². The van der Waals surface area contributed by atoms with Gasteiger partial charge in [0.05, 0.1) is 17.9 Å². The highest BCUT2D eigenvalue weighted by atomic mass is 19.2. The van der Waals surface area contributed by atoms with Crippen molar-refractivity contribution >= 4 is 22.4 Å². The Labute approximate surface area is 164 Å². The number of hydrogen-bond acceptors (Lipinski definition) is 2. The molecule has 4 nitrogen and oxygen atoms in total. The highest BCUT2D eigenvalue weighted by molar-refractivity contribution is 5.99. The van der Waals surface area contributed by atoms with Crippen LogP contribution < -0.4 is 5.32 Å². The van der Waals surface area contributed by atoms with Crippen molar-refractivity contribution in [1.82, 2.24) is 10.2 Å². The summed E-state index contributed by atoms with van der Waals surface area (Å²) in [6, 6.07) is 13.8. The fourth-order valence-electron chi connectivity index (χ4n) is 3.08. The molecule has 0 amide bonds. The van der Waals surface area contributed by atoms with Crippen LogP contribution in [0.15, 0.2) is 83.9 Å². The zero-order valence-electron chi connectivity index (χ0n) is 15.2. The van der Waals surface area contributed by atoms with Crippen molar-refractivity contribution in [2.75, 3.05) is 0 Å². The van der Waals surface area contributed by atoms with Gasteiger partial charge in [-0.3, -0.25) is 0 Å². The number of nitrogens with zero attached hydrogens (tertiary/aromatic N) is 2. The van der Waals surface area contributed by atoms with Crippen LogP contribution in [0.25, 0.3) is 10.8 Å². The number of nitrogens with one attached hydrogen (secondary N) is 1. The Balaban J connectivity index is 1.77. The second-order valence-electron chi connectivity index (χ2n) is 6.54. The normalized spacial score (nSPS) is 15.6. The summed E-state index contributed by atoms with van der Waals surface area (Å²) in [4.78, 5) is 6.01. The van der Waals surface area contributed by atoms with Crippen LogP contribution in [-0.4, -0.2) is 16.0 Å². The number of rotatable bonds is 3. The second-order valence-corrected chi connectivity index (χ2v) is 6.54. The van der Waals surface area contributed by atoms with E-state index in [0.717, 1.165) is 12.1 Å². The Morgan fingerprint density at radius 2 is 1.72 bits per heavy atom. The van der Waals surface area contributed by atoms with Crippen LogP contribution >= 0.6 is 0 Å². The van der Waals surface area contributed by atoms with E-state index in [4.69, 9.17) is 0 Å². The lowest BCUT2D eigenvalue weighted by molar-refractivity contribution is 0.474. The molecule has 0 spiro atoms. The summed E-state index contributed by atoms with van der Waals surface area (Å²) in [7, 11) is 0. The maximum absolute atomic E-state index is 14.1. The molecule has 0 aromatic heterocycles. The molecule has 3 aromatic rings. The fraction of sp³-hybridized carbons (Fsp3) is 0.0455. The number of aromatic hydroxyl groups is 1. The second kappa shape index (κ2) is 7.35. The zero-order chi connectivity index (χ0) is 20.5. The fourth-order valence-corrected chi connectivity index (χ4v) is 3.08. The monoisotopic (exact) mass is 395 g/mol. The van der Waals surface area contributed by atoms with Gasteiger partial charge in [0.1, 0.15) is 5.75 Å². The van der Waals surface area contributed by atoms with E-state index in [2.05, 4.69) is 16.9 Å². The Morgan fingerprint density at radius 3 is 2.52 bits per heavy atom. The van der Waals surface area contributed by atoms with Gasteiger partial charge in [-0.15, -0.1) is 0 Å². The van der Waals surface area contributed by atoms with Crippen LogP contribution in [0, 0.1) is 11.6 Å². The standard InChI is InChI=1S/C22H16F3N3O/c1-13-19(25)12-28(11-14-8-9-17(23)18(24)10-14)22(26-13)27-20-6-2-5-16-15(20)4-3-7-21(16)29/h2-10,12,29H,1,11H2,(H,26,27). The van der Waals surface area contributed by atoms with E-state index in [-0.39, 0.29) is 24.0 Å². The van der Waals surface area contributed by atoms with E-state index >= 15 is 0 Å². The van der Waals surface area contributed by atoms with Gasteiger partial charge in [0.2, 0.25) is 5.96 Å². The number of halogens is 3. The van der Waals surface area contributed by atoms with Crippen molar-refractivity contribution in [2.45, 2.75) is 6.54 Å². The van der Waals surface area contributed by atoms with Crippen molar-refractivity contribution in [3.05, 3.63) is 96.1 Å². The summed E-state index contributed by atoms with van der Waals surface area (Å²) in [5.41, 5.74) is 1.01. The van der Waals surface area contributed by atoms with Crippen LogP contribution in [0.1, 0.15) is 5.56 Å². The van der Waals surface area contributed by atoms with E-state index < -0.39 is 17.5 Å². The van der Waals surface area contributed by atoms with Crippen LogP contribution in [0.4, 0.5) is 18.9 Å². The van der Waals surface area contributed by atoms with Crippen LogP contribution in [-0.2, 0) is 6.54 Å². The number of benzene rings is 3. The molecule has 4 rings (SSSR count). The summed E-state index contributed by atoms with van der Waals surface area (Å²) in [6.07, 6.45) is 1.20. The van der Waals surface area contributed by atoms with Gasteiger partial charge in [0.15, 0.2) is 17.5 Å². The van der Waals surface area contributed by atoms with Crippen LogP contribution in [0.2, 0.25) is 0 Å². The number of hydrogen-bond donors (Lipinski definition) is 2. The van der Waals surface area contributed by atoms with E-state index in [1.54, 1.807) is 30.3 Å². The molecule has 0 unspecified atom stereocenters. The Kier molecular flexibility index (Phi) is 4.72. The van der Waals surface area contributed by atoms with E-state index in [9.17, 15) is 18.3 Å². The third-order valence-corrected chi connectivity index (χ3v) is 4.53. The summed E-state index contributed by atoms with van der Waals surface area (Å²) in [6.45, 7) is 3.67. The molecule has 29 heavy (non-hydrogen) atoms. The summed E-state index contributed by atoms with van der Waals surface area (Å²) >= 11 is 0. The molecule has 0 bridgehead atoms. The van der Waals surface area contributed by atoms with Gasteiger partial charge in [-0.2, -0.15) is 0 Å². The first-order valence-corrected chi connectivity index (χ1v) is 8.76. The molecular weight excluding hydrogens is 379 g/mol. The average Bonchev–Trinajstić information content (AvgIpc) is 2.69. The summed E-state index contributed by atoms with van der Waals surface area (Å²) in [5, 5.41) is 14.2. The Morgan fingerprint density at radius 1 is 0.966 bits per heavy atom. The minimum atomic E-state index is -0.982. The van der Waals surface area contributed by atoms with E-state index in [1.165, 1.54) is 17.2 Å². The van der Waals surface area contributed by atoms with Gasteiger partial charge in [0.25, 0.3) is 0 Å². The van der Waals surface area contributed by atoms with Crippen molar-refractivity contribution in [2.24, 2.45) is 4.99 Å². The molecule has 0 fully saturated rings. The van der Waals surface area contributed by atoms with Crippen molar-refractivity contribution in [1.29, 1.82) is 0 Å². The van der Waals surface area contributed by atoms with E-state index in [0.29, 0.717) is 22.0 Å². The van der Waals surface area contributed by atoms with Gasteiger partial charge < -0.3 is 15.3 Å². The molecule has 0 aliphatic carbocycles. The number of allylic oxidation sites excluding steroid dienone is 1. The Bertz CT molecular complexity index is 1190. The number of phenols is 1. The molecule has 0 saturated heterocycles. The molecule has 2 N–H and O–H groups in total. The lowest BCUT2D eigenvalue weighted by Crippen LogP contribution is -2.40. The molecule has 1 heterocycles. The van der Waals surface area contributed by atoms with Crippen molar-refractivity contribution < 1.29 is 18.3 Å². The predicted molar refractivity (Wildman–Crippen MR) is 106 cm³/mol. The molecule has 7 heteroatoms. The quantitative estimate of drug-likeness (QED) is 0.638. The minimum Gasteiger partial charge on any atom is -0.507 e. The van der Waals surface area contributed by atoms with Gasteiger partial charge in [-0.05, 0) is 29.8 Å². The summed E-state index contributed by atoms with van der Waals surface area (Å²) < 4.78 is 40.9. The van der Waals surface area contributed by atoms with Gasteiger partial charge in [-0.25, -0.2) is 18.2 Å². The van der Waals surface area contributed by atoms with Crippen molar-refractivity contribution in [3.63, 3.8) is 0 Å². The predicted octanol–water partition coefficient (Wildman–Crippen LogP) is 5.24. The highest BCUT2D eigenvalue weighted by Gasteiger charge is 2.21. The first-order chi connectivity index (χ1) is 13.9. The molecule has 146 valence electrons. The first kappa shape index (κ1) is 18.6. The number of guanidine groups is 1. The number of aliphatic imine (C=N–C) groups is 1. The molecule has 0 atom stereocenters. The first-order valence-electron chi connectivity index (χ1n) is 8.76. The average molecular weight is 395 g/mol. The smallest absolute Gasteiger partial charge is 0.208 e. The van der Waals surface area contributed by atoms with Gasteiger partial charge in [0, 0.05) is 17.0 Å². The number of fused-ring (bicyclic) bond motifs is 1. The lowest BCUT2D eigenvalue weighted by Gasteiger charge is -2.28. The topological polar surface area (TPSA) is 47.9 Å². The third kappa shape index (κ3) is 3.67. The van der Waals surface area contributed by atoms with Crippen LogP contribution in [0.5, 0.6) is 5.75 Å². The molecule has 0 saturated carbocycles. The Hall–Kier alpha value is -3.74. The molecular formula is C22H16F3N3O. The maximum Gasteiger partial charge on any atom is 0.208 e. The molecule has 3 aromatic carbocycles. The summed E-state index contributed by atoms with van der Waals surface area (Å²) in [5.74, 6) is -2.15.